The van der Waals surface area contributed by atoms with Gasteiger partial charge >= 0.3 is 0 Å². The zero-order valence-electron chi connectivity index (χ0n) is 19.7. The van der Waals surface area contributed by atoms with Crippen molar-refractivity contribution in [3.63, 3.8) is 0 Å². The van der Waals surface area contributed by atoms with Gasteiger partial charge < -0.3 is 5.11 Å². The highest BCUT2D eigenvalue weighted by atomic mass is 16.3. The first kappa shape index (κ1) is 25.1. The van der Waals surface area contributed by atoms with Crippen LogP contribution in [0.1, 0.15) is 135 Å². The lowest BCUT2D eigenvalue weighted by Crippen LogP contribution is -2.16. The quantitative estimate of drug-likeness (QED) is 0.297. The highest BCUT2D eigenvalue weighted by molar-refractivity contribution is 5.47. The van der Waals surface area contributed by atoms with E-state index in [2.05, 4.69) is 40.7 Å². The van der Waals surface area contributed by atoms with E-state index in [4.69, 9.17) is 0 Å². The third-order valence-electron chi connectivity index (χ3n) is 6.03. The van der Waals surface area contributed by atoms with Gasteiger partial charge in [0.2, 0.25) is 0 Å². The van der Waals surface area contributed by atoms with Crippen LogP contribution in [-0.4, -0.2) is 5.11 Å². The summed E-state index contributed by atoms with van der Waals surface area (Å²) < 4.78 is 0. The minimum atomic E-state index is 0.139. The van der Waals surface area contributed by atoms with Crippen LogP contribution in [0.3, 0.4) is 0 Å². The smallest absolute Gasteiger partial charge is 0.119 e. The van der Waals surface area contributed by atoms with Crippen LogP contribution in [0.15, 0.2) is 12.1 Å². The predicted octanol–water partition coefficient (Wildman–Crippen LogP) is 8.89. The van der Waals surface area contributed by atoms with Crippen LogP contribution in [0.25, 0.3) is 0 Å². The maximum Gasteiger partial charge on any atom is 0.119 e. The Morgan fingerprint density at radius 2 is 1.04 bits per heavy atom. The van der Waals surface area contributed by atoms with Crippen LogP contribution in [0, 0.1) is 0 Å². The second kappa shape index (κ2) is 14.1. The van der Waals surface area contributed by atoms with Gasteiger partial charge in [-0.05, 0) is 53.9 Å². The summed E-state index contributed by atoms with van der Waals surface area (Å²) in [4.78, 5) is 0. The molecule has 0 saturated heterocycles. The van der Waals surface area contributed by atoms with E-state index in [1.165, 1.54) is 100 Å². The van der Waals surface area contributed by atoms with E-state index < -0.39 is 0 Å². The molecule has 1 nitrogen and oxygen atoms in total. The molecular formula is C27H48O. The van der Waals surface area contributed by atoms with Crippen molar-refractivity contribution < 1.29 is 5.11 Å². The molecule has 0 aliphatic heterocycles. The fourth-order valence-electron chi connectivity index (χ4n) is 4.29. The number of benzene rings is 1. The topological polar surface area (TPSA) is 20.2 Å². The van der Waals surface area contributed by atoms with Crippen LogP contribution in [-0.2, 0) is 18.3 Å². The second-order valence-corrected chi connectivity index (χ2v) is 9.73. The van der Waals surface area contributed by atoms with Gasteiger partial charge in [-0.1, -0.05) is 111 Å². The van der Waals surface area contributed by atoms with Crippen molar-refractivity contribution in [1.82, 2.24) is 0 Å². The van der Waals surface area contributed by atoms with Crippen LogP contribution < -0.4 is 0 Å². The van der Waals surface area contributed by atoms with Gasteiger partial charge in [-0.25, -0.2) is 0 Å². The standard InChI is InChI=1S/C27H48O/c1-6-8-10-12-14-16-18-20-24-23(19-17-15-13-11-9-7-2)25(27(3,4)5)21-22-26(24)28/h21-22,28H,6-20H2,1-5H3. The van der Waals surface area contributed by atoms with Crippen molar-refractivity contribution in [1.29, 1.82) is 0 Å². The SMILES string of the molecule is CCCCCCCCCc1c(O)ccc(C(C)(C)C)c1CCCCCCCC. The van der Waals surface area contributed by atoms with Gasteiger partial charge in [0.15, 0.2) is 0 Å². The molecule has 0 atom stereocenters. The Bertz CT molecular complexity index is 524. The Hall–Kier alpha value is -0.980. The van der Waals surface area contributed by atoms with Crippen molar-refractivity contribution in [2.75, 3.05) is 0 Å². The third kappa shape index (κ3) is 9.48. The van der Waals surface area contributed by atoms with Crippen molar-refractivity contribution >= 4 is 0 Å². The lowest BCUT2D eigenvalue weighted by Gasteiger charge is -2.26. The largest absolute Gasteiger partial charge is 0.508 e. The van der Waals surface area contributed by atoms with Gasteiger partial charge in [0.05, 0.1) is 0 Å². The minimum Gasteiger partial charge on any atom is -0.508 e. The summed E-state index contributed by atoms with van der Waals surface area (Å²) in [6.45, 7) is 11.5. The zero-order valence-corrected chi connectivity index (χ0v) is 19.7. The molecule has 28 heavy (non-hydrogen) atoms. The van der Waals surface area contributed by atoms with E-state index in [1.54, 1.807) is 0 Å². The molecule has 0 saturated carbocycles. The number of phenols is 1. The summed E-state index contributed by atoms with van der Waals surface area (Å²) in [5.41, 5.74) is 4.28. The molecule has 162 valence electrons. The Labute approximate surface area is 176 Å². The fourth-order valence-corrected chi connectivity index (χ4v) is 4.29. The number of unbranched alkanes of at least 4 members (excludes halogenated alkanes) is 11. The molecular weight excluding hydrogens is 340 g/mol. The Morgan fingerprint density at radius 1 is 0.607 bits per heavy atom. The first-order chi connectivity index (χ1) is 13.4. The summed E-state index contributed by atoms with van der Waals surface area (Å²) in [6, 6.07) is 4.12. The van der Waals surface area contributed by atoms with E-state index in [0.29, 0.717) is 5.75 Å². The molecule has 1 heteroatoms. The van der Waals surface area contributed by atoms with Gasteiger partial charge in [0.1, 0.15) is 5.75 Å². The number of hydrogen-bond donors (Lipinski definition) is 1. The molecule has 1 N–H and O–H groups in total. The predicted molar refractivity (Wildman–Crippen MR) is 126 cm³/mol. The summed E-state index contributed by atoms with van der Waals surface area (Å²) in [5, 5.41) is 10.6. The molecule has 0 bridgehead atoms. The minimum absolute atomic E-state index is 0.139. The van der Waals surface area contributed by atoms with Crippen molar-refractivity contribution in [3.8, 4) is 5.75 Å². The van der Waals surface area contributed by atoms with Crippen molar-refractivity contribution in [2.24, 2.45) is 0 Å². The molecule has 0 unspecified atom stereocenters. The molecule has 1 aromatic rings. The molecule has 0 fully saturated rings. The number of aromatic hydroxyl groups is 1. The summed E-state index contributed by atoms with van der Waals surface area (Å²) in [7, 11) is 0. The Morgan fingerprint density at radius 3 is 1.50 bits per heavy atom. The monoisotopic (exact) mass is 388 g/mol. The van der Waals surface area contributed by atoms with Crippen LogP contribution in [0.2, 0.25) is 0 Å². The molecule has 0 aliphatic rings. The zero-order chi connectivity index (χ0) is 20.8. The van der Waals surface area contributed by atoms with E-state index >= 15 is 0 Å². The second-order valence-electron chi connectivity index (χ2n) is 9.73. The summed E-state index contributed by atoms with van der Waals surface area (Å²) in [6.07, 6.45) is 19.4. The lowest BCUT2D eigenvalue weighted by molar-refractivity contribution is 0.461. The average Bonchev–Trinajstić information content (AvgIpc) is 2.64. The average molecular weight is 389 g/mol. The maximum absolute atomic E-state index is 10.6. The van der Waals surface area contributed by atoms with Crippen molar-refractivity contribution in [3.05, 3.63) is 28.8 Å². The molecule has 0 radical (unpaired) electrons. The van der Waals surface area contributed by atoms with Crippen LogP contribution >= 0.6 is 0 Å². The molecule has 1 aromatic carbocycles. The molecule has 0 aliphatic carbocycles. The van der Waals surface area contributed by atoms with Crippen LogP contribution in [0.5, 0.6) is 5.75 Å². The first-order valence-corrected chi connectivity index (χ1v) is 12.3. The molecule has 0 heterocycles. The maximum atomic E-state index is 10.6. The number of rotatable bonds is 15. The van der Waals surface area contributed by atoms with E-state index in [0.717, 1.165) is 12.8 Å². The van der Waals surface area contributed by atoms with Gasteiger partial charge in [-0.3, -0.25) is 0 Å². The Kier molecular flexibility index (Phi) is 12.6. The van der Waals surface area contributed by atoms with E-state index in [-0.39, 0.29) is 5.41 Å². The van der Waals surface area contributed by atoms with Crippen LogP contribution in [0.4, 0.5) is 0 Å². The highest BCUT2D eigenvalue weighted by Crippen LogP contribution is 2.35. The molecule has 1 rings (SSSR count). The lowest BCUT2D eigenvalue weighted by atomic mass is 9.79. The van der Waals surface area contributed by atoms with E-state index in [9.17, 15) is 5.11 Å². The van der Waals surface area contributed by atoms with E-state index in [1.807, 2.05) is 6.07 Å². The fraction of sp³-hybridized carbons (Fsp3) is 0.778. The molecule has 0 spiro atoms. The normalized spacial score (nSPS) is 11.9. The third-order valence-corrected chi connectivity index (χ3v) is 6.03. The number of phenolic OH excluding ortho intramolecular Hbond substituents is 1. The van der Waals surface area contributed by atoms with Crippen molar-refractivity contribution in [2.45, 2.75) is 136 Å². The van der Waals surface area contributed by atoms with Gasteiger partial charge in [-0.15, -0.1) is 0 Å². The number of hydrogen-bond acceptors (Lipinski definition) is 1. The van der Waals surface area contributed by atoms with Gasteiger partial charge in [0, 0.05) is 0 Å². The Balaban J connectivity index is 2.71. The van der Waals surface area contributed by atoms with Gasteiger partial charge in [0.25, 0.3) is 0 Å². The van der Waals surface area contributed by atoms with Gasteiger partial charge in [-0.2, -0.15) is 0 Å². The summed E-state index contributed by atoms with van der Waals surface area (Å²) in [5.74, 6) is 0.528. The molecule has 0 amide bonds. The highest BCUT2D eigenvalue weighted by Gasteiger charge is 2.21. The molecule has 0 aromatic heterocycles. The summed E-state index contributed by atoms with van der Waals surface area (Å²) >= 11 is 0. The first-order valence-electron chi connectivity index (χ1n) is 12.3.